The Balaban J connectivity index is 2.35. The molecule has 0 unspecified atom stereocenters. The Kier molecular flexibility index (Phi) is 4.72. The Labute approximate surface area is 91.1 Å². The van der Waals surface area contributed by atoms with Crippen LogP contribution in [0.25, 0.3) is 0 Å². The minimum Gasteiger partial charge on any atom is -0.311 e. The highest BCUT2D eigenvalue weighted by Crippen LogP contribution is 2.08. The van der Waals surface area contributed by atoms with Gasteiger partial charge in [0.15, 0.2) is 0 Å². The molecule has 0 aromatic heterocycles. The summed E-state index contributed by atoms with van der Waals surface area (Å²) in [5.74, 6) is -0.123. The smallest absolute Gasteiger partial charge is 0.126 e. The van der Waals surface area contributed by atoms with E-state index >= 15 is 0 Å². The SMILES string of the molecule is Cc1ccc(CNCCN(C)C)cc1F. The third-order valence-electron chi connectivity index (χ3n) is 2.30. The Bertz CT molecular complexity index is 310. The Hall–Kier alpha value is -0.930. The normalized spacial score (nSPS) is 11.0. The maximum atomic E-state index is 13.2. The fraction of sp³-hybridized carbons (Fsp3) is 0.500. The monoisotopic (exact) mass is 210 g/mol. The van der Waals surface area contributed by atoms with Crippen LogP contribution in [0.3, 0.4) is 0 Å². The van der Waals surface area contributed by atoms with Gasteiger partial charge in [0.1, 0.15) is 5.82 Å². The summed E-state index contributed by atoms with van der Waals surface area (Å²) in [5, 5.41) is 3.27. The second kappa shape index (κ2) is 5.83. The number of benzene rings is 1. The molecule has 0 radical (unpaired) electrons. The highest BCUT2D eigenvalue weighted by Gasteiger charge is 1.98. The Morgan fingerprint density at radius 3 is 2.67 bits per heavy atom. The molecule has 0 amide bonds. The van der Waals surface area contributed by atoms with Gasteiger partial charge in [-0.05, 0) is 38.2 Å². The van der Waals surface area contributed by atoms with E-state index in [1.165, 1.54) is 0 Å². The molecule has 3 heteroatoms. The predicted octanol–water partition coefficient (Wildman–Crippen LogP) is 1.79. The summed E-state index contributed by atoms with van der Waals surface area (Å²) >= 11 is 0. The van der Waals surface area contributed by atoms with Crippen LogP contribution in [0.5, 0.6) is 0 Å². The van der Waals surface area contributed by atoms with Crippen LogP contribution in [0.4, 0.5) is 4.39 Å². The number of rotatable bonds is 5. The second-order valence-corrected chi connectivity index (χ2v) is 4.06. The summed E-state index contributed by atoms with van der Waals surface area (Å²) in [6.07, 6.45) is 0. The number of nitrogens with zero attached hydrogens (tertiary/aromatic N) is 1. The first-order valence-electron chi connectivity index (χ1n) is 5.20. The van der Waals surface area contributed by atoms with Crippen molar-refractivity contribution < 1.29 is 4.39 Å². The van der Waals surface area contributed by atoms with Crippen LogP contribution in [-0.2, 0) is 6.54 Å². The molecule has 1 aromatic carbocycles. The van der Waals surface area contributed by atoms with Gasteiger partial charge in [0.25, 0.3) is 0 Å². The van der Waals surface area contributed by atoms with Crippen molar-refractivity contribution in [2.45, 2.75) is 13.5 Å². The van der Waals surface area contributed by atoms with Crippen LogP contribution in [0.1, 0.15) is 11.1 Å². The molecule has 2 nitrogen and oxygen atoms in total. The zero-order valence-corrected chi connectivity index (χ0v) is 9.68. The van der Waals surface area contributed by atoms with Crippen LogP contribution >= 0.6 is 0 Å². The zero-order valence-electron chi connectivity index (χ0n) is 9.68. The molecule has 0 aliphatic carbocycles. The first kappa shape index (κ1) is 12.1. The lowest BCUT2D eigenvalue weighted by Gasteiger charge is -2.10. The fourth-order valence-electron chi connectivity index (χ4n) is 1.28. The number of aryl methyl sites for hydroxylation is 1. The number of hydrogen-bond donors (Lipinski definition) is 1. The first-order valence-corrected chi connectivity index (χ1v) is 5.20. The molecule has 0 bridgehead atoms. The summed E-state index contributed by atoms with van der Waals surface area (Å²) < 4.78 is 13.2. The van der Waals surface area contributed by atoms with Crippen LogP contribution in [0.15, 0.2) is 18.2 Å². The van der Waals surface area contributed by atoms with Gasteiger partial charge in [-0.3, -0.25) is 0 Å². The molecule has 0 aliphatic rings. The van der Waals surface area contributed by atoms with Crippen LogP contribution < -0.4 is 5.32 Å². The van der Waals surface area contributed by atoms with Crippen LogP contribution in [0, 0.1) is 12.7 Å². The van der Waals surface area contributed by atoms with Gasteiger partial charge in [-0.2, -0.15) is 0 Å². The van der Waals surface area contributed by atoms with Crippen molar-refractivity contribution in [2.24, 2.45) is 0 Å². The topological polar surface area (TPSA) is 15.3 Å². The van der Waals surface area contributed by atoms with Crippen molar-refractivity contribution in [2.75, 3.05) is 27.2 Å². The van der Waals surface area contributed by atoms with E-state index in [4.69, 9.17) is 0 Å². The fourth-order valence-corrected chi connectivity index (χ4v) is 1.28. The van der Waals surface area contributed by atoms with E-state index in [0.717, 1.165) is 25.2 Å². The summed E-state index contributed by atoms with van der Waals surface area (Å²) in [6.45, 7) is 4.42. The Morgan fingerprint density at radius 1 is 1.33 bits per heavy atom. The molecule has 15 heavy (non-hydrogen) atoms. The number of halogens is 1. The summed E-state index contributed by atoms with van der Waals surface area (Å²) in [7, 11) is 4.07. The van der Waals surface area contributed by atoms with Crippen LogP contribution in [-0.4, -0.2) is 32.1 Å². The maximum Gasteiger partial charge on any atom is 0.126 e. The standard InChI is InChI=1S/C12H19FN2/c1-10-4-5-11(8-12(10)13)9-14-6-7-15(2)3/h4-5,8,14H,6-7,9H2,1-3H3. The van der Waals surface area contributed by atoms with Crippen molar-refractivity contribution in [1.29, 1.82) is 0 Å². The van der Waals surface area contributed by atoms with Gasteiger partial charge in [-0.15, -0.1) is 0 Å². The number of likely N-dealkylation sites (N-methyl/N-ethyl adjacent to an activating group) is 1. The average Bonchev–Trinajstić information content (AvgIpc) is 2.18. The second-order valence-electron chi connectivity index (χ2n) is 4.06. The van der Waals surface area contributed by atoms with Gasteiger partial charge >= 0.3 is 0 Å². The maximum absolute atomic E-state index is 13.2. The Morgan fingerprint density at radius 2 is 2.07 bits per heavy atom. The van der Waals surface area contributed by atoms with Gasteiger partial charge in [0.05, 0.1) is 0 Å². The van der Waals surface area contributed by atoms with Crippen LogP contribution in [0.2, 0.25) is 0 Å². The highest BCUT2D eigenvalue weighted by molar-refractivity contribution is 5.23. The lowest BCUT2D eigenvalue weighted by molar-refractivity contribution is 0.400. The highest BCUT2D eigenvalue weighted by atomic mass is 19.1. The van der Waals surface area contributed by atoms with Crippen molar-refractivity contribution in [3.8, 4) is 0 Å². The van der Waals surface area contributed by atoms with E-state index in [1.807, 2.05) is 26.2 Å². The summed E-state index contributed by atoms with van der Waals surface area (Å²) in [6, 6.07) is 5.37. The summed E-state index contributed by atoms with van der Waals surface area (Å²) in [4.78, 5) is 2.11. The van der Waals surface area contributed by atoms with Gasteiger partial charge in [0, 0.05) is 19.6 Å². The molecule has 0 saturated carbocycles. The average molecular weight is 210 g/mol. The molecular formula is C12H19FN2. The molecule has 0 fully saturated rings. The molecule has 1 aromatic rings. The van der Waals surface area contributed by atoms with Gasteiger partial charge < -0.3 is 10.2 Å². The third kappa shape index (κ3) is 4.40. The van der Waals surface area contributed by atoms with E-state index < -0.39 is 0 Å². The van der Waals surface area contributed by atoms with Gasteiger partial charge in [-0.1, -0.05) is 12.1 Å². The molecular weight excluding hydrogens is 191 g/mol. The van der Waals surface area contributed by atoms with E-state index in [0.29, 0.717) is 5.56 Å². The number of nitrogens with one attached hydrogen (secondary N) is 1. The molecule has 0 aliphatic heterocycles. The molecule has 1 rings (SSSR count). The minimum absolute atomic E-state index is 0.123. The lowest BCUT2D eigenvalue weighted by atomic mass is 10.1. The van der Waals surface area contributed by atoms with Crippen molar-refractivity contribution >= 4 is 0 Å². The minimum atomic E-state index is -0.123. The molecule has 84 valence electrons. The van der Waals surface area contributed by atoms with E-state index in [1.54, 1.807) is 13.0 Å². The lowest BCUT2D eigenvalue weighted by Crippen LogP contribution is -2.26. The van der Waals surface area contributed by atoms with Crippen molar-refractivity contribution in [1.82, 2.24) is 10.2 Å². The molecule has 0 atom stereocenters. The van der Waals surface area contributed by atoms with Crippen molar-refractivity contribution in [3.63, 3.8) is 0 Å². The van der Waals surface area contributed by atoms with Gasteiger partial charge in [0.2, 0.25) is 0 Å². The number of hydrogen-bond acceptors (Lipinski definition) is 2. The van der Waals surface area contributed by atoms with Gasteiger partial charge in [-0.25, -0.2) is 4.39 Å². The van der Waals surface area contributed by atoms with E-state index in [2.05, 4.69) is 10.2 Å². The predicted molar refractivity (Wildman–Crippen MR) is 61.4 cm³/mol. The largest absolute Gasteiger partial charge is 0.311 e. The molecule has 1 N–H and O–H groups in total. The summed E-state index contributed by atoms with van der Waals surface area (Å²) in [5.41, 5.74) is 1.70. The van der Waals surface area contributed by atoms with Crippen molar-refractivity contribution in [3.05, 3.63) is 35.1 Å². The molecule has 0 saturated heterocycles. The molecule has 0 spiro atoms. The zero-order chi connectivity index (χ0) is 11.3. The van der Waals surface area contributed by atoms with E-state index in [-0.39, 0.29) is 5.82 Å². The quantitative estimate of drug-likeness (QED) is 0.745. The first-order chi connectivity index (χ1) is 7.09. The van der Waals surface area contributed by atoms with E-state index in [9.17, 15) is 4.39 Å². The molecule has 0 heterocycles. The third-order valence-corrected chi connectivity index (χ3v) is 2.30.